The third-order valence-electron chi connectivity index (χ3n) is 3.90. The van der Waals surface area contributed by atoms with Crippen LogP contribution in [-0.2, 0) is 4.79 Å². The first-order chi connectivity index (χ1) is 13.2. The van der Waals surface area contributed by atoms with Crippen LogP contribution in [0.4, 0.5) is 0 Å². The Morgan fingerprint density at radius 2 is 1.96 bits per heavy atom. The molecule has 136 valence electrons. The van der Waals surface area contributed by atoms with Crippen molar-refractivity contribution in [1.29, 1.82) is 0 Å². The predicted molar refractivity (Wildman–Crippen MR) is 104 cm³/mol. The van der Waals surface area contributed by atoms with Crippen molar-refractivity contribution < 1.29 is 18.7 Å². The quantitative estimate of drug-likeness (QED) is 0.505. The maximum Gasteiger partial charge on any atom is 0.284 e. The summed E-state index contributed by atoms with van der Waals surface area (Å²) in [5, 5.41) is 3.93. The fourth-order valence-electron chi connectivity index (χ4n) is 2.60. The largest absolute Gasteiger partial charge is 0.485 e. The first kappa shape index (κ1) is 17.4. The molecule has 0 spiro atoms. The molecule has 4 rings (SSSR count). The average Bonchev–Trinajstić information content (AvgIpc) is 3.16. The van der Waals surface area contributed by atoms with Crippen LogP contribution in [0.5, 0.6) is 11.5 Å². The van der Waals surface area contributed by atoms with Gasteiger partial charge in [0.25, 0.3) is 5.91 Å². The molecule has 0 fully saturated rings. The Bertz CT molecular complexity index is 999. The summed E-state index contributed by atoms with van der Waals surface area (Å²) in [6.07, 6.45) is 0.683. The Labute approximate surface area is 163 Å². The number of carbonyl (C=O) groups is 1. The van der Waals surface area contributed by atoms with Gasteiger partial charge >= 0.3 is 0 Å². The number of amides is 1. The number of carbonyl (C=O) groups excluding carboxylic acids is 1. The lowest BCUT2D eigenvalue weighted by atomic mass is 10.2. The van der Waals surface area contributed by atoms with Gasteiger partial charge < -0.3 is 13.9 Å². The number of hydrogen-bond donors (Lipinski definition) is 1. The second-order valence-electron chi connectivity index (χ2n) is 5.81. The van der Waals surface area contributed by atoms with Crippen LogP contribution in [0.1, 0.15) is 5.76 Å². The number of benzene rings is 2. The molecule has 1 unspecified atom stereocenters. The molecule has 1 aliphatic rings. The zero-order valence-corrected chi connectivity index (χ0v) is 15.7. The van der Waals surface area contributed by atoms with Gasteiger partial charge in [0, 0.05) is 10.0 Å². The van der Waals surface area contributed by atoms with Gasteiger partial charge in [-0.2, -0.15) is 5.10 Å². The van der Waals surface area contributed by atoms with Gasteiger partial charge in [-0.3, -0.25) is 4.79 Å². The van der Waals surface area contributed by atoms with E-state index in [0.717, 1.165) is 10.0 Å². The van der Waals surface area contributed by atoms with Gasteiger partial charge in [-0.25, -0.2) is 5.43 Å². The van der Waals surface area contributed by atoms with Gasteiger partial charge in [-0.1, -0.05) is 40.2 Å². The number of nitrogens with zero attached hydrogens (tertiary/aromatic N) is 1. The molecule has 1 aromatic heterocycles. The molecule has 0 saturated heterocycles. The maximum atomic E-state index is 12.2. The fraction of sp³-hybridized carbons (Fsp3) is 0.100. The highest BCUT2D eigenvalue weighted by molar-refractivity contribution is 9.10. The molecule has 0 bridgehead atoms. The van der Waals surface area contributed by atoms with E-state index >= 15 is 0 Å². The molecule has 0 radical (unpaired) electrons. The van der Waals surface area contributed by atoms with Gasteiger partial charge in [-0.05, 0) is 36.4 Å². The Kier molecular flexibility index (Phi) is 4.93. The van der Waals surface area contributed by atoms with Crippen molar-refractivity contribution in [2.75, 3.05) is 6.61 Å². The van der Waals surface area contributed by atoms with Crippen molar-refractivity contribution in [3.05, 3.63) is 70.9 Å². The molecule has 3 aromatic rings. The highest BCUT2D eigenvalue weighted by atomic mass is 79.9. The molecule has 0 saturated carbocycles. The van der Waals surface area contributed by atoms with E-state index in [1.54, 1.807) is 18.2 Å². The monoisotopic (exact) mass is 426 g/mol. The smallest absolute Gasteiger partial charge is 0.284 e. The second kappa shape index (κ2) is 7.67. The lowest BCUT2D eigenvalue weighted by Gasteiger charge is -2.24. The van der Waals surface area contributed by atoms with Crippen LogP contribution >= 0.6 is 15.9 Å². The fourth-order valence-corrected chi connectivity index (χ4v) is 3.00. The van der Waals surface area contributed by atoms with E-state index in [-0.39, 0.29) is 12.5 Å². The number of rotatable bonds is 4. The molecule has 1 aliphatic heterocycles. The number of fused-ring (bicyclic) bond motifs is 1. The predicted octanol–water partition coefficient (Wildman–Crippen LogP) is 4.00. The molecule has 0 aliphatic carbocycles. The summed E-state index contributed by atoms with van der Waals surface area (Å²) >= 11 is 3.43. The first-order valence-electron chi connectivity index (χ1n) is 8.26. The van der Waals surface area contributed by atoms with E-state index in [1.165, 1.54) is 6.21 Å². The molecule has 27 heavy (non-hydrogen) atoms. The molecule has 7 heteroatoms. The highest BCUT2D eigenvalue weighted by Gasteiger charge is 2.26. The number of ether oxygens (including phenoxy) is 2. The summed E-state index contributed by atoms with van der Waals surface area (Å²) in [5.41, 5.74) is 3.39. The first-order valence-corrected chi connectivity index (χ1v) is 9.05. The van der Waals surface area contributed by atoms with E-state index in [4.69, 9.17) is 13.9 Å². The third kappa shape index (κ3) is 4.03. The second-order valence-corrected chi connectivity index (χ2v) is 6.73. The van der Waals surface area contributed by atoms with Gasteiger partial charge in [0.1, 0.15) is 18.1 Å². The van der Waals surface area contributed by atoms with E-state index in [0.29, 0.717) is 23.0 Å². The Hall–Kier alpha value is -3.06. The zero-order valence-electron chi connectivity index (χ0n) is 14.1. The van der Waals surface area contributed by atoms with Gasteiger partial charge in [0.15, 0.2) is 11.5 Å². The van der Waals surface area contributed by atoms with Crippen molar-refractivity contribution in [3.63, 3.8) is 0 Å². The topological polar surface area (TPSA) is 73.1 Å². The molecule has 2 aromatic carbocycles. The Morgan fingerprint density at radius 1 is 1.11 bits per heavy atom. The molecular formula is C20H15BrN2O4. The van der Waals surface area contributed by atoms with E-state index < -0.39 is 6.10 Å². The number of para-hydroxylation sites is 2. The summed E-state index contributed by atoms with van der Waals surface area (Å²) < 4.78 is 17.8. The van der Waals surface area contributed by atoms with Crippen molar-refractivity contribution in [3.8, 4) is 22.8 Å². The van der Waals surface area contributed by atoms with Crippen LogP contribution in [-0.4, -0.2) is 24.8 Å². The minimum absolute atomic E-state index is 0.131. The van der Waals surface area contributed by atoms with Crippen molar-refractivity contribution in [2.45, 2.75) is 6.10 Å². The summed E-state index contributed by atoms with van der Waals surface area (Å²) in [7, 11) is 0. The van der Waals surface area contributed by atoms with Crippen LogP contribution < -0.4 is 14.9 Å². The molecule has 1 amide bonds. The summed E-state index contributed by atoms with van der Waals surface area (Å²) in [6.45, 7) is 0.131. The summed E-state index contributed by atoms with van der Waals surface area (Å²) in [6, 6.07) is 18.6. The zero-order chi connectivity index (χ0) is 18.6. The number of halogens is 1. The van der Waals surface area contributed by atoms with Crippen LogP contribution in [0.15, 0.2) is 74.7 Å². The average molecular weight is 427 g/mol. The van der Waals surface area contributed by atoms with E-state index in [9.17, 15) is 4.79 Å². The van der Waals surface area contributed by atoms with Crippen molar-refractivity contribution >= 4 is 28.1 Å². The van der Waals surface area contributed by atoms with E-state index in [2.05, 4.69) is 26.5 Å². The number of hydrogen-bond acceptors (Lipinski definition) is 5. The Morgan fingerprint density at radius 3 is 2.81 bits per heavy atom. The van der Waals surface area contributed by atoms with E-state index in [1.807, 2.05) is 42.5 Å². The summed E-state index contributed by atoms with van der Waals surface area (Å²) in [4.78, 5) is 12.2. The van der Waals surface area contributed by atoms with Gasteiger partial charge in [0.05, 0.1) is 6.21 Å². The molecule has 1 N–H and O–H groups in total. The molecule has 1 atom stereocenters. The van der Waals surface area contributed by atoms with Crippen molar-refractivity contribution in [1.82, 2.24) is 5.43 Å². The highest BCUT2D eigenvalue weighted by Crippen LogP contribution is 2.30. The van der Waals surface area contributed by atoms with Crippen LogP contribution in [0.2, 0.25) is 0 Å². The van der Waals surface area contributed by atoms with Crippen LogP contribution in [0.25, 0.3) is 11.3 Å². The number of hydrazone groups is 1. The SMILES string of the molecule is O=C(NN=Cc1ccc(-c2cccc(Br)c2)o1)C1COc2ccccc2O1. The molecular weight excluding hydrogens is 412 g/mol. The summed E-state index contributed by atoms with van der Waals surface area (Å²) in [5.74, 6) is 2.01. The third-order valence-corrected chi connectivity index (χ3v) is 4.40. The molecule has 2 heterocycles. The maximum absolute atomic E-state index is 12.2. The standard InChI is InChI=1S/C20H15BrN2O4/c21-14-5-3-4-13(10-14)16-9-8-15(26-16)11-22-23-20(24)19-12-25-17-6-1-2-7-18(17)27-19/h1-11,19H,12H2,(H,23,24). The minimum Gasteiger partial charge on any atom is -0.485 e. The van der Waals surface area contributed by atoms with Gasteiger partial charge in [0.2, 0.25) is 6.10 Å². The Balaban J connectivity index is 1.36. The number of furan rings is 1. The lowest BCUT2D eigenvalue weighted by molar-refractivity contribution is -0.130. The van der Waals surface area contributed by atoms with Crippen LogP contribution in [0.3, 0.4) is 0 Å². The van der Waals surface area contributed by atoms with Gasteiger partial charge in [-0.15, -0.1) is 0 Å². The van der Waals surface area contributed by atoms with Crippen LogP contribution in [0, 0.1) is 0 Å². The number of nitrogens with one attached hydrogen (secondary N) is 1. The normalized spacial score (nSPS) is 15.7. The molecule has 6 nitrogen and oxygen atoms in total. The van der Waals surface area contributed by atoms with Crippen molar-refractivity contribution in [2.24, 2.45) is 5.10 Å². The minimum atomic E-state index is -0.758. The lowest BCUT2D eigenvalue weighted by Crippen LogP contribution is -2.42.